The number of carbonyl (C=O) groups is 8. The first kappa shape index (κ1) is 66.2. The number of hydrogen-bond donors (Lipinski definition) is 9. The molecule has 0 bridgehead atoms. The molecule has 1 aliphatic carbocycles. The molecule has 82 heavy (non-hydrogen) atoms. The number of likely N-dealkylation sites (tertiary alicyclic amines) is 1. The largest absolute Gasteiger partial charge is 0.480 e. The van der Waals surface area contributed by atoms with Gasteiger partial charge in [0.1, 0.15) is 35.8 Å². The van der Waals surface area contributed by atoms with Crippen molar-refractivity contribution >= 4 is 47.5 Å². The number of carboxylic acid groups (broad SMARTS) is 1. The van der Waals surface area contributed by atoms with Gasteiger partial charge in [-0.1, -0.05) is 96.6 Å². The van der Waals surface area contributed by atoms with Gasteiger partial charge in [0.2, 0.25) is 23.6 Å². The molecule has 12 N–H and O–H groups in total. The zero-order valence-electron chi connectivity index (χ0n) is 49.1. The first-order valence-corrected chi connectivity index (χ1v) is 29.4. The molecule has 3 aromatic rings. The zero-order valence-corrected chi connectivity index (χ0v) is 49.1. The first-order valence-electron chi connectivity index (χ1n) is 29.4. The second kappa shape index (κ2) is 31.8. The number of imidazole rings is 2. The maximum atomic E-state index is 16.1. The summed E-state index contributed by atoms with van der Waals surface area (Å²) in [6.45, 7) is 11.8. The van der Waals surface area contributed by atoms with Crippen LogP contribution >= 0.6 is 0 Å². The summed E-state index contributed by atoms with van der Waals surface area (Å²) in [6, 6.07) is -0.270. The minimum atomic E-state index is -1.95. The maximum Gasteiger partial charge on any atom is 0.417 e. The van der Waals surface area contributed by atoms with E-state index in [1.807, 2.05) is 30.3 Å². The van der Waals surface area contributed by atoms with E-state index in [-0.39, 0.29) is 76.1 Å². The highest BCUT2D eigenvalue weighted by atomic mass is 16.6. The summed E-state index contributed by atoms with van der Waals surface area (Å²) in [5.41, 5.74) is 19.5. The number of ether oxygens (including phenoxy) is 1. The van der Waals surface area contributed by atoms with E-state index >= 15 is 19.2 Å². The minimum Gasteiger partial charge on any atom is -0.480 e. The zero-order chi connectivity index (χ0) is 60.3. The molecule has 23 heteroatoms. The predicted octanol–water partition coefficient (Wildman–Crippen LogP) is 4.28. The van der Waals surface area contributed by atoms with Crippen molar-refractivity contribution in [3.8, 4) is 0 Å². The van der Waals surface area contributed by atoms with Crippen molar-refractivity contribution in [3.05, 3.63) is 72.3 Å². The molecule has 3 heterocycles. The smallest absolute Gasteiger partial charge is 0.417 e. The number of amides is 7. The summed E-state index contributed by atoms with van der Waals surface area (Å²) >= 11 is 0. The lowest BCUT2D eigenvalue weighted by atomic mass is 9.81. The van der Waals surface area contributed by atoms with Crippen molar-refractivity contribution in [2.45, 2.75) is 212 Å². The van der Waals surface area contributed by atoms with Crippen LogP contribution in [-0.4, -0.2) is 159 Å². The summed E-state index contributed by atoms with van der Waals surface area (Å²) in [7, 11) is 0. The van der Waals surface area contributed by atoms with Crippen LogP contribution in [0.15, 0.2) is 55.4 Å². The molecule has 2 unspecified atom stereocenters. The molecule has 7 amide bonds. The molecule has 1 saturated heterocycles. The lowest BCUT2D eigenvalue weighted by Crippen LogP contribution is -2.65. The number of aliphatic hydroxyl groups is 1. The third-order valence-electron chi connectivity index (χ3n) is 15.9. The maximum absolute atomic E-state index is 16.1. The van der Waals surface area contributed by atoms with Crippen LogP contribution in [-0.2, 0) is 57.6 Å². The summed E-state index contributed by atoms with van der Waals surface area (Å²) in [6.07, 6.45) is 9.80. The summed E-state index contributed by atoms with van der Waals surface area (Å²) < 4.78 is 5.74. The fraction of sp³-hybridized carbons (Fsp3) is 0.661. The quantitative estimate of drug-likeness (QED) is 0.0421. The van der Waals surface area contributed by atoms with Gasteiger partial charge < -0.3 is 57.7 Å². The number of benzene rings is 1. The van der Waals surface area contributed by atoms with Crippen LogP contribution in [0, 0.1) is 23.7 Å². The highest BCUT2D eigenvalue weighted by Crippen LogP contribution is 2.32. The lowest BCUT2D eigenvalue weighted by Gasteiger charge is -2.41. The molecular formula is C59H92N12O11. The van der Waals surface area contributed by atoms with E-state index in [0.29, 0.717) is 29.9 Å². The van der Waals surface area contributed by atoms with E-state index in [9.17, 15) is 29.4 Å². The van der Waals surface area contributed by atoms with Crippen molar-refractivity contribution < 1.29 is 53.3 Å². The number of aliphatic hydroxyl groups excluding tert-OH is 1. The molecular weight excluding hydrogens is 1050 g/mol. The van der Waals surface area contributed by atoms with E-state index in [2.05, 4.69) is 30.6 Å². The average molecular weight is 1150 g/mol. The molecule has 0 radical (unpaired) electrons. The Kier molecular flexibility index (Phi) is 25.7. The number of carbonyl (C=O) groups excluding carboxylic acids is 7. The number of unbranched alkanes of at least 4 members (excludes halogenated alkanes) is 1. The fourth-order valence-electron chi connectivity index (χ4n) is 11.1. The van der Waals surface area contributed by atoms with Crippen molar-refractivity contribution in [2.24, 2.45) is 40.9 Å². The second-order valence-corrected chi connectivity index (χ2v) is 23.8. The number of aliphatic carboxylic acids is 1. The topological polar surface area (TPSA) is 355 Å². The normalized spacial score (nSPS) is 18.2. The van der Waals surface area contributed by atoms with Crippen LogP contribution in [0.2, 0.25) is 0 Å². The van der Waals surface area contributed by atoms with Gasteiger partial charge in [-0.05, 0) is 108 Å². The van der Waals surface area contributed by atoms with Crippen molar-refractivity contribution in [3.63, 3.8) is 0 Å². The van der Waals surface area contributed by atoms with Crippen LogP contribution in [0.3, 0.4) is 0 Å². The minimum absolute atomic E-state index is 0.0219. The highest BCUT2D eigenvalue weighted by Gasteiger charge is 2.50. The SMILES string of the molecule is CC[C@H](C)[C@@H](C(=O)N(C(=O)OC(C)(C)C)C(Cc1cnc[nH]1)C(=O)O)N(C(=O)C(C[C@H](O)[C@@H](N)CC1CCCCC1)C(C)C)C(=O)[C@H](CCCCN)NC(=O)[C@H](CCc1ccccc1)NC(=O)[C@@H]1CCCN1C(=O)[C@@H](N)Cc1cnc[nH]1. The van der Waals surface area contributed by atoms with Crippen LogP contribution in [0.5, 0.6) is 0 Å². The molecule has 1 aliphatic heterocycles. The number of nitrogens with two attached hydrogens (primary N) is 3. The number of imide groups is 2. The van der Waals surface area contributed by atoms with Gasteiger partial charge in [0.15, 0.2) is 0 Å². The van der Waals surface area contributed by atoms with E-state index in [1.165, 1.54) is 44.5 Å². The third-order valence-corrected chi connectivity index (χ3v) is 15.9. The van der Waals surface area contributed by atoms with Gasteiger partial charge in [-0.25, -0.2) is 24.5 Å². The molecule has 1 aromatic carbocycles. The van der Waals surface area contributed by atoms with Crippen LogP contribution in [0.4, 0.5) is 4.79 Å². The number of aromatic amines is 2. The lowest BCUT2D eigenvalue weighted by molar-refractivity contribution is -0.164. The first-order chi connectivity index (χ1) is 39.0. The highest BCUT2D eigenvalue weighted by molar-refractivity contribution is 6.07. The van der Waals surface area contributed by atoms with Gasteiger partial charge >= 0.3 is 12.1 Å². The number of nitrogens with zero attached hydrogens (tertiary/aromatic N) is 5. The van der Waals surface area contributed by atoms with E-state index in [1.54, 1.807) is 33.9 Å². The van der Waals surface area contributed by atoms with Crippen LogP contribution in [0.1, 0.15) is 155 Å². The molecule has 2 aromatic heterocycles. The van der Waals surface area contributed by atoms with E-state index in [0.717, 1.165) is 42.6 Å². The molecule has 1 saturated carbocycles. The van der Waals surface area contributed by atoms with E-state index in [4.69, 9.17) is 21.9 Å². The van der Waals surface area contributed by atoms with E-state index < -0.39 is 126 Å². The number of carboxylic acids is 1. The third kappa shape index (κ3) is 19.0. The summed E-state index contributed by atoms with van der Waals surface area (Å²) in [4.78, 5) is 136. The second-order valence-electron chi connectivity index (χ2n) is 23.8. The van der Waals surface area contributed by atoms with Crippen molar-refractivity contribution in [2.75, 3.05) is 13.1 Å². The summed E-state index contributed by atoms with van der Waals surface area (Å²) in [5.74, 6) is -9.19. The van der Waals surface area contributed by atoms with Crippen LogP contribution < -0.4 is 27.8 Å². The molecule has 0 spiro atoms. The van der Waals surface area contributed by atoms with Crippen molar-refractivity contribution in [1.82, 2.24) is 45.3 Å². The standard InChI is InChI=1S/C59H92N12O11/c1-8-37(4)50(56(78)70(58(81)82-59(5,6)7)48(57(79)80)30-41-33-64-35-66-41)71(53(75)42(36(2)3)31-49(72)43(61)28-39-20-13-10-14-21-39)55(77)46(22-15-16-26-60)68-51(73)45(25-24-38-18-11-9-12-19-38)67-52(74)47-23-17-27-69(47)54(76)44(62)29-40-32-63-34-65-40/h9,11-12,18-19,32-37,39,42-50,72H,8,10,13-17,20-31,60-62H2,1-7H3,(H,63,65)(H,64,66)(H,67,74)(H,68,73)(H,79,80)/t37-,42?,43-,44-,45-,46-,47-,48?,49-,50-/m0/s1. The Morgan fingerprint density at radius 1 is 0.817 bits per heavy atom. The van der Waals surface area contributed by atoms with Gasteiger partial charge in [0, 0.05) is 55.1 Å². The van der Waals surface area contributed by atoms with Crippen molar-refractivity contribution in [1.29, 1.82) is 0 Å². The molecule has 454 valence electrons. The number of aryl methyl sites for hydroxylation is 1. The predicted molar refractivity (Wildman–Crippen MR) is 307 cm³/mol. The Morgan fingerprint density at radius 2 is 1.46 bits per heavy atom. The molecule has 23 nitrogen and oxygen atoms in total. The van der Waals surface area contributed by atoms with Gasteiger partial charge in [-0.2, -0.15) is 0 Å². The Morgan fingerprint density at radius 3 is 2.04 bits per heavy atom. The molecule has 2 fully saturated rings. The fourth-order valence-corrected chi connectivity index (χ4v) is 11.1. The number of rotatable bonds is 30. The monoisotopic (exact) mass is 1140 g/mol. The number of hydrogen-bond acceptors (Lipinski definition) is 15. The Hall–Kier alpha value is -6.56. The van der Waals surface area contributed by atoms with Gasteiger partial charge in [0.05, 0.1) is 24.8 Å². The Balaban J connectivity index is 1.62. The Labute approximate surface area is 482 Å². The molecule has 10 atom stereocenters. The van der Waals surface area contributed by atoms with Crippen LogP contribution in [0.25, 0.3) is 0 Å². The number of aromatic nitrogens is 4. The van der Waals surface area contributed by atoms with Gasteiger partial charge in [-0.15, -0.1) is 0 Å². The number of H-pyrrole nitrogens is 2. The molecule has 2 aliphatic rings. The van der Waals surface area contributed by atoms with Gasteiger partial charge in [-0.3, -0.25) is 33.7 Å². The molecule has 5 rings (SSSR count). The summed E-state index contributed by atoms with van der Waals surface area (Å²) in [5, 5.41) is 28.5. The number of nitrogens with one attached hydrogen (secondary N) is 4. The average Bonchev–Trinajstić information content (AvgIpc) is 4.38. The van der Waals surface area contributed by atoms with Gasteiger partial charge in [0.25, 0.3) is 11.8 Å². The Bertz CT molecular complexity index is 2520.